The summed E-state index contributed by atoms with van der Waals surface area (Å²) in [7, 11) is -4.12. The predicted molar refractivity (Wildman–Crippen MR) is 126 cm³/mol. The molecule has 4 rings (SSSR count). The van der Waals surface area contributed by atoms with Crippen molar-refractivity contribution >= 4 is 50.7 Å². The number of ether oxygens (including phenoxy) is 1. The Labute approximate surface area is 202 Å². The largest absolute Gasteiger partial charge is 0.377 e. The van der Waals surface area contributed by atoms with E-state index in [-0.39, 0.29) is 29.9 Å². The molecule has 2 aliphatic rings. The van der Waals surface area contributed by atoms with Crippen LogP contribution in [0.15, 0.2) is 53.4 Å². The summed E-state index contributed by atoms with van der Waals surface area (Å²) in [5.74, 6) is -1.39. The maximum Gasteiger partial charge on any atom is 0.252 e. The summed E-state index contributed by atoms with van der Waals surface area (Å²) in [4.78, 5) is 38.5. The Hall–Kier alpha value is -2.79. The molecule has 2 unspecified atom stereocenters. The smallest absolute Gasteiger partial charge is 0.252 e. The van der Waals surface area contributed by atoms with Crippen LogP contribution in [0.5, 0.6) is 0 Å². The van der Waals surface area contributed by atoms with Crippen molar-refractivity contribution in [1.82, 2.24) is 4.31 Å². The van der Waals surface area contributed by atoms with Crippen molar-refractivity contribution in [2.24, 2.45) is 0 Å². The van der Waals surface area contributed by atoms with Crippen LogP contribution in [0.4, 0.5) is 11.4 Å². The molecule has 1 N–H and O–H groups in total. The van der Waals surface area contributed by atoms with Crippen molar-refractivity contribution in [2.45, 2.75) is 43.2 Å². The summed E-state index contributed by atoms with van der Waals surface area (Å²) in [6.45, 7) is 1.85. The highest BCUT2D eigenvalue weighted by Gasteiger charge is 2.47. The van der Waals surface area contributed by atoms with Crippen molar-refractivity contribution in [3.05, 3.63) is 53.6 Å². The second-order valence-corrected chi connectivity index (χ2v) is 10.5. The SMILES string of the molecule is CC(=O)Nc1ccc(N2C(=O)CC(N(CC3CCCO3)S(=O)(=O)c3ccc(Cl)cc3)C2=O)cc1. The maximum atomic E-state index is 13.6. The van der Waals surface area contributed by atoms with Crippen LogP contribution in [0.1, 0.15) is 26.2 Å². The number of carbonyl (C=O) groups is 3. The van der Waals surface area contributed by atoms with Crippen molar-refractivity contribution in [3.8, 4) is 0 Å². The minimum absolute atomic E-state index is 0.0201. The Balaban J connectivity index is 1.65. The van der Waals surface area contributed by atoms with Gasteiger partial charge >= 0.3 is 0 Å². The first-order chi connectivity index (χ1) is 16.2. The number of rotatable bonds is 7. The van der Waals surface area contributed by atoms with Crippen molar-refractivity contribution in [3.63, 3.8) is 0 Å². The molecule has 2 heterocycles. The lowest BCUT2D eigenvalue weighted by Gasteiger charge is -2.29. The van der Waals surface area contributed by atoms with Gasteiger partial charge in [-0.05, 0) is 61.4 Å². The van der Waals surface area contributed by atoms with E-state index in [1.807, 2.05) is 0 Å². The molecule has 2 aliphatic heterocycles. The minimum atomic E-state index is -4.12. The van der Waals surface area contributed by atoms with Gasteiger partial charge in [0, 0.05) is 30.8 Å². The van der Waals surface area contributed by atoms with Gasteiger partial charge in [0.25, 0.3) is 5.91 Å². The first-order valence-electron chi connectivity index (χ1n) is 10.8. The molecule has 11 heteroatoms. The van der Waals surface area contributed by atoms with Gasteiger partial charge in [0.2, 0.25) is 21.8 Å². The number of nitrogens with zero attached hydrogens (tertiary/aromatic N) is 2. The molecule has 0 bridgehead atoms. The van der Waals surface area contributed by atoms with E-state index >= 15 is 0 Å². The second kappa shape index (κ2) is 9.83. The minimum Gasteiger partial charge on any atom is -0.377 e. The Morgan fingerprint density at radius 1 is 1.15 bits per heavy atom. The van der Waals surface area contributed by atoms with Crippen LogP contribution in [0, 0.1) is 0 Å². The number of amides is 3. The molecule has 2 fully saturated rings. The number of imide groups is 1. The molecule has 2 saturated heterocycles. The molecule has 180 valence electrons. The van der Waals surface area contributed by atoms with E-state index in [4.69, 9.17) is 16.3 Å². The predicted octanol–water partition coefficient (Wildman–Crippen LogP) is 2.80. The average Bonchev–Trinajstić information content (AvgIpc) is 3.40. The fourth-order valence-corrected chi connectivity index (χ4v) is 5.87. The molecule has 0 spiro atoms. The third-order valence-electron chi connectivity index (χ3n) is 5.74. The molecule has 9 nitrogen and oxygen atoms in total. The van der Waals surface area contributed by atoms with E-state index in [1.54, 1.807) is 12.1 Å². The fraction of sp³-hybridized carbons (Fsp3) is 0.348. The molecule has 0 aromatic heterocycles. The van der Waals surface area contributed by atoms with Crippen molar-refractivity contribution < 1.29 is 27.5 Å². The lowest BCUT2D eigenvalue weighted by molar-refractivity contribution is -0.122. The van der Waals surface area contributed by atoms with E-state index < -0.39 is 27.9 Å². The van der Waals surface area contributed by atoms with E-state index in [0.29, 0.717) is 29.4 Å². The fourth-order valence-electron chi connectivity index (χ4n) is 4.13. The molecule has 2 atom stereocenters. The Morgan fingerprint density at radius 2 is 1.82 bits per heavy atom. The molecule has 3 amide bonds. The zero-order valence-electron chi connectivity index (χ0n) is 18.4. The van der Waals surface area contributed by atoms with Crippen LogP contribution >= 0.6 is 11.6 Å². The molecule has 2 aromatic carbocycles. The number of halogens is 1. The first-order valence-corrected chi connectivity index (χ1v) is 12.6. The topological polar surface area (TPSA) is 113 Å². The van der Waals surface area contributed by atoms with Gasteiger partial charge in [-0.1, -0.05) is 11.6 Å². The number of carbonyl (C=O) groups excluding carboxylic acids is 3. The van der Waals surface area contributed by atoms with Gasteiger partial charge in [-0.2, -0.15) is 4.31 Å². The maximum absolute atomic E-state index is 13.6. The van der Waals surface area contributed by atoms with Gasteiger partial charge in [0.1, 0.15) is 6.04 Å². The number of nitrogens with one attached hydrogen (secondary N) is 1. The lowest BCUT2D eigenvalue weighted by Crippen LogP contribution is -2.48. The third kappa shape index (κ3) is 5.00. The average molecular weight is 506 g/mol. The normalized spacial score (nSPS) is 20.9. The van der Waals surface area contributed by atoms with Crippen LogP contribution in [-0.2, 0) is 29.1 Å². The van der Waals surface area contributed by atoms with E-state index in [1.165, 1.54) is 43.3 Å². The number of benzene rings is 2. The standard InChI is InChI=1S/C23H24ClN3O6S/c1-15(28)25-17-6-8-18(9-7-17)27-22(29)13-21(23(27)30)26(14-19-3-2-12-33-19)34(31,32)20-10-4-16(24)5-11-20/h4-11,19,21H,2-3,12-14H2,1H3,(H,25,28). The van der Waals surface area contributed by atoms with Crippen molar-refractivity contribution in [2.75, 3.05) is 23.4 Å². The highest BCUT2D eigenvalue weighted by Crippen LogP contribution is 2.31. The Bertz CT molecular complexity index is 1190. The molecule has 0 aliphatic carbocycles. The lowest BCUT2D eigenvalue weighted by atomic mass is 10.2. The molecule has 2 aromatic rings. The summed E-state index contributed by atoms with van der Waals surface area (Å²) in [5, 5.41) is 3.00. The second-order valence-electron chi connectivity index (χ2n) is 8.18. The number of sulfonamides is 1. The van der Waals surface area contributed by atoms with Gasteiger partial charge in [-0.25, -0.2) is 13.3 Å². The van der Waals surface area contributed by atoms with E-state index in [0.717, 1.165) is 15.6 Å². The summed E-state index contributed by atoms with van der Waals surface area (Å²) in [5.41, 5.74) is 0.810. The molecular formula is C23H24ClN3O6S. The molecule has 0 saturated carbocycles. The molecule has 0 radical (unpaired) electrons. The summed E-state index contributed by atoms with van der Waals surface area (Å²) in [6, 6.07) is 10.7. The quantitative estimate of drug-likeness (QED) is 0.579. The zero-order valence-corrected chi connectivity index (χ0v) is 20.0. The summed E-state index contributed by atoms with van der Waals surface area (Å²) in [6.07, 6.45) is 0.807. The number of hydrogen-bond acceptors (Lipinski definition) is 6. The summed E-state index contributed by atoms with van der Waals surface area (Å²) < 4.78 is 33.9. The highest BCUT2D eigenvalue weighted by molar-refractivity contribution is 7.89. The van der Waals surface area contributed by atoms with Gasteiger partial charge < -0.3 is 10.1 Å². The van der Waals surface area contributed by atoms with Gasteiger partial charge in [-0.3, -0.25) is 14.4 Å². The van der Waals surface area contributed by atoms with Crippen molar-refractivity contribution in [1.29, 1.82) is 0 Å². The van der Waals surface area contributed by atoms with Crippen LogP contribution in [0.2, 0.25) is 5.02 Å². The molecular weight excluding hydrogens is 482 g/mol. The van der Waals surface area contributed by atoms with Gasteiger partial charge in [0.05, 0.1) is 23.1 Å². The monoisotopic (exact) mass is 505 g/mol. The third-order valence-corrected chi connectivity index (χ3v) is 7.88. The van der Waals surface area contributed by atoms with Gasteiger partial charge in [-0.15, -0.1) is 0 Å². The Morgan fingerprint density at radius 3 is 2.41 bits per heavy atom. The molecule has 34 heavy (non-hydrogen) atoms. The summed E-state index contributed by atoms with van der Waals surface area (Å²) >= 11 is 5.92. The van der Waals surface area contributed by atoms with Crippen LogP contribution in [0.3, 0.4) is 0 Å². The highest BCUT2D eigenvalue weighted by atomic mass is 35.5. The first kappa shape index (κ1) is 24.3. The number of anilines is 2. The van der Waals surface area contributed by atoms with E-state index in [9.17, 15) is 22.8 Å². The number of hydrogen-bond donors (Lipinski definition) is 1. The van der Waals surface area contributed by atoms with Gasteiger partial charge in [0.15, 0.2) is 0 Å². The van der Waals surface area contributed by atoms with E-state index in [2.05, 4.69) is 5.32 Å². The van der Waals surface area contributed by atoms with Crippen LogP contribution in [0.25, 0.3) is 0 Å². The van der Waals surface area contributed by atoms with Crippen LogP contribution in [-0.4, -0.2) is 55.7 Å². The zero-order chi connectivity index (χ0) is 24.5. The Kier molecular flexibility index (Phi) is 7.04. The van der Waals surface area contributed by atoms with Crippen LogP contribution < -0.4 is 10.2 Å².